The van der Waals surface area contributed by atoms with Gasteiger partial charge in [-0.3, -0.25) is 4.79 Å². The predicted octanol–water partition coefficient (Wildman–Crippen LogP) is 2.38. The number of carbonyl (C=O) groups excluding carboxylic acids is 1. The Hall–Kier alpha value is -3.48. The molecular formula is C22H22N6O4S2. The molecule has 0 saturated carbocycles. The van der Waals surface area contributed by atoms with Gasteiger partial charge in [0.1, 0.15) is 10.8 Å². The molecule has 0 bridgehead atoms. The van der Waals surface area contributed by atoms with Crippen LogP contribution in [0, 0.1) is 0 Å². The minimum Gasteiger partial charge on any atom is -0.495 e. The molecule has 34 heavy (non-hydrogen) atoms. The molecule has 12 heteroatoms. The Morgan fingerprint density at radius 1 is 1.03 bits per heavy atom. The van der Waals surface area contributed by atoms with E-state index in [1.165, 1.54) is 23.9 Å². The Kier molecular flexibility index (Phi) is 7.40. The first-order chi connectivity index (χ1) is 16.5. The Balaban J connectivity index is 1.37. The first-order valence-electron chi connectivity index (χ1n) is 10.3. The van der Waals surface area contributed by atoms with E-state index in [-0.39, 0.29) is 23.1 Å². The van der Waals surface area contributed by atoms with E-state index in [0.29, 0.717) is 34.4 Å². The smallest absolute Gasteiger partial charge is 0.240 e. The maximum absolute atomic E-state index is 12.4. The number of sulfonamides is 1. The van der Waals surface area contributed by atoms with Gasteiger partial charge in [-0.25, -0.2) is 13.1 Å². The average Bonchev–Trinajstić information content (AvgIpc) is 3.26. The second-order valence-corrected chi connectivity index (χ2v) is 9.82. The molecule has 0 saturated heterocycles. The molecule has 0 aliphatic carbocycles. The van der Waals surface area contributed by atoms with Gasteiger partial charge in [0.25, 0.3) is 0 Å². The molecule has 2 heterocycles. The third kappa shape index (κ3) is 5.71. The van der Waals surface area contributed by atoms with Crippen LogP contribution in [0.2, 0.25) is 0 Å². The molecule has 10 nitrogen and oxygen atoms in total. The van der Waals surface area contributed by atoms with Crippen molar-refractivity contribution in [1.82, 2.24) is 24.5 Å². The zero-order chi connectivity index (χ0) is 24.0. The Morgan fingerprint density at radius 2 is 1.79 bits per heavy atom. The molecule has 4 rings (SSSR count). The minimum atomic E-state index is -3.61. The Labute approximate surface area is 200 Å². The normalized spacial score (nSPS) is 11.4. The first kappa shape index (κ1) is 23.7. The average molecular weight is 499 g/mol. The van der Waals surface area contributed by atoms with Gasteiger partial charge in [0.15, 0.2) is 11.5 Å². The summed E-state index contributed by atoms with van der Waals surface area (Å²) in [6.07, 6.45) is 0.294. The molecule has 0 spiro atoms. The number of carbonyl (C=O) groups is 1. The fourth-order valence-corrected chi connectivity index (χ4v) is 4.81. The number of nitrogens with zero attached hydrogens (tertiary/aromatic N) is 4. The van der Waals surface area contributed by atoms with Gasteiger partial charge in [-0.15, -0.1) is 10.2 Å². The molecule has 0 aliphatic heterocycles. The van der Waals surface area contributed by atoms with E-state index in [0.717, 1.165) is 0 Å². The van der Waals surface area contributed by atoms with Crippen LogP contribution in [0.15, 0.2) is 76.7 Å². The van der Waals surface area contributed by atoms with E-state index >= 15 is 0 Å². The number of ether oxygens (including phenoxy) is 1. The second kappa shape index (κ2) is 10.6. The number of anilines is 1. The fraction of sp³-hybridized carbons (Fsp3) is 0.182. The number of hydrogen-bond acceptors (Lipinski definition) is 8. The van der Waals surface area contributed by atoms with Gasteiger partial charge in [0.2, 0.25) is 15.9 Å². The maximum atomic E-state index is 12.4. The predicted molar refractivity (Wildman–Crippen MR) is 128 cm³/mol. The highest BCUT2D eigenvalue weighted by Crippen LogP contribution is 2.24. The monoisotopic (exact) mass is 498 g/mol. The summed E-state index contributed by atoms with van der Waals surface area (Å²) in [6.45, 7) is 0.137. The topological polar surface area (TPSA) is 128 Å². The summed E-state index contributed by atoms with van der Waals surface area (Å²) in [5.74, 6) is 1.03. The summed E-state index contributed by atoms with van der Waals surface area (Å²) in [4.78, 5) is 12.6. The molecule has 2 aromatic heterocycles. The van der Waals surface area contributed by atoms with Crippen molar-refractivity contribution in [1.29, 1.82) is 0 Å². The largest absolute Gasteiger partial charge is 0.495 e. The van der Waals surface area contributed by atoms with Gasteiger partial charge in [0.05, 0.1) is 23.4 Å². The van der Waals surface area contributed by atoms with Crippen LogP contribution in [0.25, 0.3) is 5.65 Å². The maximum Gasteiger partial charge on any atom is 0.240 e. The standard InChI is InChI=1S/C22H22N6O4S2/c1-32-18-10-6-5-9-17(18)24-21(29)15-33-22-12-11-19-25-26-20(28(19)27-22)13-14-23-34(30,31)16-7-3-2-4-8-16/h2-12,23H,13-15H2,1H3,(H,24,29). The zero-order valence-corrected chi connectivity index (χ0v) is 19.8. The van der Waals surface area contributed by atoms with E-state index in [1.807, 2.05) is 12.1 Å². The van der Waals surface area contributed by atoms with E-state index in [9.17, 15) is 13.2 Å². The van der Waals surface area contributed by atoms with Gasteiger partial charge in [0, 0.05) is 13.0 Å². The third-order valence-electron chi connectivity index (χ3n) is 4.73. The summed E-state index contributed by atoms with van der Waals surface area (Å²) in [5, 5.41) is 16.1. The highest BCUT2D eigenvalue weighted by molar-refractivity contribution is 7.99. The highest BCUT2D eigenvalue weighted by Gasteiger charge is 2.15. The van der Waals surface area contributed by atoms with Crippen molar-refractivity contribution in [2.75, 3.05) is 24.7 Å². The van der Waals surface area contributed by atoms with Gasteiger partial charge in [-0.2, -0.15) is 9.61 Å². The zero-order valence-electron chi connectivity index (χ0n) is 18.2. The summed E-state index contributed by atoms with van der Waals surface area (Å²) in [7, 11) is -2.07. The van der Waals surface area contributed by atoms with Crippen molar-refractivity contribution in [3.63, 3.8) is 0 Å². The summed E-state index contributed by atoms with van der Waals surface area (Å²) in [6, 6.07) is 18.8. The molecule has 1 amide bonds. The highest BCUT2D eigenvalue weighted by atomic mass is 32.2. The molecule has 0 radical (unpaired) electrons. The van der Waals surface area contributed by atoms with Crippen molar-refractivity contribution in [3.8, 4) is 5.75 Å². The van der Waals surface area contributed by atoms with Crippen LogP contribution in [0.1, 0.15) is 5.82 Å². The number of amides is 1. The molecule has 4 aromatic rings. The molecule has 0 atom stereocenters. The Morgan fingerprint density at radius 3 is 2.59 bits per heavy atom. The molecule has 0 unspecified atom stereocenters. The van der Waals surface area contributed by atoms with Gasteiger partial charge in [-0.05, 0) is 36.4 Å². The van der Waals surface area contributed by atoms with Crippen molar-refractivity contribution < 1.29 is 17.9 Å². The molecule has 176 valence electrons. The summed E-state index contributed by atoms with van der Waals surface area (Å²) >= 11 is 1.26. The lowest BCUT2D eigenvalue weighted by Crippen LogP contribution is -2.26. The van der Waals surface area contributed by atoms with Crippen molar-refractivity contribution >= 4 is 39.0 Å². The van der Waals surface area contributed by atoms with Gasteiger partial charge < -0.3 is 10.1 Å². The number of para-hydroxylation sites is 2. The van der Waals surface area contributed by atoms with Crippen LogP contribution in [0.5, 0.6) is 5.75 Å². The number of rotatable bonds is 10. The molecule has 0 aliphatic rings. The van der Waals surface area contributed by atoms with E-state index in [2.05, 4.69) is 25.3 Å². The second-order valence-electron chi connectivity index (χ2n) is 7.06. The van der Waals surface area contributed by atoms with Crippen LogP contribution >= 0.6 is 11.8 Å². The van der Waals surface area contributed by atoms with Crippen LogP contribution in [0.4, 0.5) is 5.69 Å². The number of nitrogens with one attached hydrogen (secondary N) is 2. The fourth-order valence-electron chi connectivity index (χ4n) is 3.10. The lowest BCUT2D eigenvalue weighted by Gasteiger charge is -2.09. The number of hydrogen-bond donors (Lipinski definition) is 2. The number of methoxy groups -OCH3 is 1. The molecule has 2 N–H and O–H groups in total. The summed E-state index contributed by atoms with van der Waals surface area (Å²) < 4.78 is 34.1. The SMILES string of the molecule is COc1ccccc1NC(=O)CSc1ccc2nnc(CCNS(=O)(=O)c3ccccc3)n2n1. The van der Waals surface area contributed by atoms with Crippen LogP contribution < -0.4 is 14.8 Å². The number of thioether (sulfide) groups is 1. The lowest BCUT2D eigenvalue weighted by atomic mass is 10.3. The number of benzene rings is 2. The lowest BCUT2D eigenvalue weighted by molar-refractivity contribution is -0.113. The van der Waals surface area contributed by atoms with Gasteiger partial charge in [-0.1, -0.05) is 42.1 Å². The van der Waals surface area contributed by atoms with Gasteiger partial charge >= 0.3 is 0 Å². The third-order valence-corrected chi connectivity index (χ3v) is 7.13. The van der Waals surface area contributed by atoms with E-state index in [4.69, 9.17) is 4.74 Å². The van der Waals surface area contributed by atoms with E-state index in [1.54, 1.807) is 54.1 Å². The summed E-state index contributed by atoms with van der Waals surface area (Å²) in [5.41, 5.74) is 1.13. The van der Waals surface area contributed by atoms with Crippen LogP contribution in [-0.4, -0.2) is 53.5 Å². The van der Waals surface area contributed by atoms with Crippen LogP contribution in [0.3, 0.4) is 0 Å². The quantitative estimate of drug-likeness (QED) is 0.319. The first-order valence-corrected chi connectivity index (χ1v) is 12.7. The van der Waals surface area contributed by atoms with Crippen molar-refractivity contribution in [2.45, 2.75) is 16.3 Å². The molecular weight excluding hydrogens is 476 g/mol. The molecule has 2 aromatic carbocycles. The van der Waals surface area contributed by atoms with Crippen molar-refractivity contribution in [3.05, 3.63) is 72.6 Å². The van der Waals surface area contributed by atoms with E-state index < -0.39 is 10.0 Å². The van der Waals surface area contributed by atoms with Crippen LogP contribution in [-0.2, 0) is 21.2 Å². The number of fused-ring (bicyclic) bond motifs is 1. The molecule has 0 fully saturated rings. The Bertz CT molecular complexity index is 1390. The number of aromatic nitrogens is 4. The van der Waals surface area contributed by atoms with Crippen molar-refractivity contribution in [2.24, 2.45) is 0 Å². The minimum absolute atomic E-state index is 0.137.